The van der Waals surface area contributed by atoms with Gasteiger partial charge in [0.15, 0.2) is 5.54 Å². The average molecular weight is 900 g/mol. The summed E-state index contributed by atoms with van der Waals surface area (Å²) in [4.78, 5) is 49.9. The van der Waals surface area contributed by atoms with Crippen molar-refractivity contribution in [2.45, 2.75) is 132 Å². The number of unbranched alkanes of at least 4 members (excludes halogenated alkanes) is 2. The standard InChI is InChI=1S/C43H51N5O8S.C6H15N/c1-8-27-24-42(4,5)46(9-2)33-22-35-31(20-29(27)33)40(41-44-17-19-45(41)18-13-11-12-14-39(51)56-48-37(49)15-16-38(48)50)32-21-30-28(26-57(52,53)54)25-43(6,7)47(10-3)34(30)23-36(32)55-35;1-4-7(5-2)6-3/h17,19-25H,8-16,18,26H2,1-7H3;4-6H2,1-3H3/p+1. The number of aryl methyl sites for hydroxylation is 1. The van der Waals surface area contributed by atoms with Crippen LogP contribution in [0.3, 0.4) is 0 Å². The van der Waals surface area contributed by atoms with Gasteiger partial charge in [-0.05, 0) is 97.1 Å². The first-order chi connectivity index (χ1) is 30.3. The molecule has 1 saturated heterocycles. The summed E-state index contributed by atoms with van der Waals surface area (Å²) in [7, 11) is -4.61. The molecule has 0 spiro atoms. The molecule has 1 N–H and O–H groups in total. The summed E-state index contributed by atoms with van der Waals surface area (Å²) in [5.74, 6) is -0.279. The number of carbonyl (C=O) groups is 3. The first-order valence-electron chi connectivity index (χ1n) is 23.1. The van der Waals surface area contributed by atoms with Gasteiger partial charge in [-0.3, -0.25) is 9.59 Å². The SMILES string of the molecule is CCC1=CC(C)(C)[N+](CC)=c2cc3c(cc21)=C(c1nccn1CCCCCC(=O)ON1C(=O)CCC1=O)c1cc2c(cc1O3)N(CC)C(C)(C)C=C2CS(=O)(=O)[O-].CC[NH+](CC)CC. The fraction of sp³-hybridized carbons (Fsp3) is 0.531. The number of amides is 2. The predicted octanol–water partition coefficient (Wildman–Crippen LogP) is 4.98. The Bertz CT molecular complexity index is 2580. The van der Waals surface area contributed by atoms with E-state index in [4.69, 9.17) is 14.6 Å². The largest absolute Gasteiger partial charge is 0.748 e. The number of anilines is 1. The number of allylic oxidation sites excluding steroid dienone is 1. The molecule has 1 fully saturated rings. The molecule has 15 heteroatoms. The van der Waals surface area contributed by atoms with Crippen LogP contribution in [-0.2, 0) is 35.9 Å². The van der Waals surface area contributed by atoms with Crippen LogP contribution in [0.4, 0.5) is 5.69 Å². The lowest BCUT2D eigenvalue weighted by Crippen LogP contribution is -3.11. The molecule has 64 heavy (non-hydrogen) atoms. The summed E-state index contributed by atoms with van der Waals surface area (Å²) in [6, 6.07) is 8.25. The number of hydrogen-bond donors (Lipinski definition) is 1. The third-order valence-corrected chi connectivity index (χ3v) is 13.6. The first kappa shape index (κ1) is 48.3. The van der Waals surface area contributed by atoms with Crippen LogP contribution in [0.5, 0.6) is 11.5 Å². The van der Waals surface area contributed by atoms with Crippen molar-refractivity contribution in [3.05, 3.63) is 81.9 Å². The van der Waals surface area contributed by atoms with Gasteiger partial charge in [0.2, 0.25) is 5.36 Å². The molecule has 0 radical (unpaired) electrons. The molecule has 4 aliphatic heterocycles. The Balaban J connectivity index is 0.000000898. The third-order valence-electron chi connectivity index (χ3n) is 12.9. The number of hydrogen-bond acceptors (Lipinski definition) is 10. The normalized spacial score (nSPS) is 17.2. The molecular formula is C49H67N6O8S+. The number of imide groups is 1. The van der Waals surface area contributed by atoms with Gasteiger partial charge in [-0.2, -0.15) is 0 Å². The second kappa shape index (κ2) is 19.5. The van der Waals surface area contributed by atoms with E-state index in [9.17, 15) is 27.4 Å². The molecular weight excluding hydrogens is 833 g/mol. The van der Waals surface area contributed by atoms with Gasteiger partial charge in [0.25, 0.3) is 11.8 Å². The molecule has 0 saturated carbocycles. The van der Waals surface area contributed by atoms with E-state index in [1.165, 1.54) is 25.2 Å². The van der Waals surface area contributed by atoms with Crippen LogP contribution in [0.2, 0.25) is 0 Å². The maximum atomic E-state index is 12.4. The number of hydroxylamine groups is 2. The molecule has 0 atom stereocenters. The van der Waals surface area contributed by atoms with Crippen molar-refractivity contribution in [3.8, 4) is 11.5 Å². The highest BCUT2D eigenvalue weighted by Crippen LogP contribution is 2.46. The van der Waals surface area contributed by atoms with Gasteiger partial charge < -0.3 is 28.5 Å². The van der Waals surface area contributed by atoms with E-state index in [1.54, 1.807) is 11.1 Å². The number of carbonyl (C=O) groups excluding carboxylic acids is 3. The smallest absolute Gasteiger partial charge is 0.333 e. The van der Waals surface area contributed by atoms with Gasteiger partial charge in [0.1, 0.15) is 23.9 Å². The average Bonchev–Trinajstić information content (AvgIpc) is 3.82. The van der Waals surface area contributed by atoms with E-state index in [0.29, 0.717) is 65.9 Å². The van der Waals surface area contributed by atoms with E-state index in [0.717, 1.165) is 45.9 Å². The number of imidazole rings is 1. The molecule has 0 aliphatic carbocycles. The fourth-order valence-corrected chi connectivity index (χ4v) is 10.3. The number of likely N-dealkylation sites (N-methyl/N-ethyl adjacent to an activating group) is 2. The van der Waals surface area contributed by atoms with E-state index < -0.39 is 39.2 Å². The van der Waals surface area contributed by atoms with Crippen LogP contribution in [0, 0.1) is 0 Å². The molecule has 3 aromatic rings. The molecule has 14 nitrogen and oxygen atoms in total. The lowest BCUT2D eigenvalue weighted by atomic mass is 9.85. The quantitative estimate of drug-likeness (QED) is 0.0704. The zero-order valence-electron chi connectivity index (χ0n) is 39.4. The van der Waals surface area contributed by atoms with E-state index >= 15 is 0 Å². The van der Waals surface area contributed by atoms with Crippen LogP contribution in [-0.4, -0.2) is 94.9 Å². The van der Waals surface area contributed by atoms with Gasteiger partial charge >= 0.3 is 5.97 Å². The summed E-state index contributed by atoms with van der Waals surface area (Å²) < 4.78 is 48.2. The fourth-order valence-electron chi connectivity index (χ4n) is 9.71. The molecule has 7 rings (SSSR count). The molecule has 4 aliphatic rings. The van der Waals surface area contributed by atoms with Gasteiger partial charge in [-0.1, -0.05) is 19.4 Å². The van der Waals surface area contributed by atoms with Crippen LogP contribution in [0.25, 0.3) is 16.7 Å². The zero-order valence-corrected chi connectivity index (χ0v) is 40.2. The minimum Gasteiger partial charge on any atom is -0.748 e. The predicted molar refractivity (Wildman–Crippen MR) is 248 cm³/mol. The number of benzene rings is 2. The second-order valence-electron chi connectivity index (χ2n) is 18.0. The summed E-state index contributed by atoms with van der Waals surface area (Å²) in [6.07, 6.45) is 10.8. The maximum absolute atomic E-state index is 12.4. The third kappa shape index (κ3) is 10.1. The topological polar surface area (TPSA) is 159 Å². The van der Waals surface area contributed by atoms with Crippen molar-refractivity contribution in [2.24, 2.45) is 0 Å². The summed E-state index contributed by atoms with van der Waals surface area (Å²) in [5.41, 5.74) is 5.01. The van der Waals surface area contributed by atoms with Crippen LogP contribution in [0.1, 0.15) is 137 Å². The van der Waals surface area contributed by atoms with Crippen molar-refractivity contribution in [1.82, 2.24) is 19.2 Å². The zero-order chi connectivity index (χ0) is 46.7. The highest BCUT2D eigenvalue weighted by atomic mass is 32.2. The number of ether oxygens (including phenoxy) is 1. The summed E-state index contributed by atoms with van der Waals surface area (Å²) >= 11 is 0. The Morgan fingerprint density at radius 1 is 0.875 bits per heavy atom. The van der Waals surface area contributed by atoms with E-state index in [-0.39, 0.29) is 24.8 Å². The van der Waals surface area contributed by atoms with Gasteiger partial charge in [-0.25, -0.2) is 22.8 Å². The number of aromatic nitrogens is 2. The summed E-state index contributed by atoms with van der Waals surface area (Å²) in [6.45, 7) is 27.3. The Morgan fingerprint density at radius 3 is 2.16 bits per heavy atom. The molecule has 0 unspecified atom stereocenters. The van der Waals surface area contributed by atoms with Crippen LogP contribution in [0.15, 0.2) is 48.8 Å². The van der Waals surface area contributed by atoms with Crippen molar-refractivity contribution >= 4 is 50.3 Å². The van der Waals surface area contributed by atoms with E-state index in [2.05, 4.69) is 80.7 Å². The molecule has 0 bridgehead atoms. The molecule has 346 valence electrons. The number of quaternary nitrogens is 1. The van der Waals surface area contributed by atoms with Gasteiger partial charge in [0, 0.05) is 97.8 Å². The monoisotopic (exact) mass is 899 g/mol. The first-order valence-corrected chi connectivity index (χ1v) is 24.6. The second-order valence-corrected chi connectivity index (χ2v) is 19.4. The summed E-state index contributed by atoms with van der Waals surface area (Å²) in [5, 5.41) is 2.51. The maximum Gasteiger partial charge on any atom is 0.333 e. The highest BCUT2D eigenvalue weighted by Gasteiger charge is 2.38. The van der Waals surface area contributed by atoms with Crippen molar-refractivity contribution in [1.29, 1.82) is 0 Å². The lowest BCUT2D eigenvalue weighted by Gasteiger charge is -2.43. The highest BCUT2D eigenvalue weighted by molar-refractivity contribution is 7.86. The van der Waals surface area contributed by atoms with Crippen LogP contribution >= 0.6 is 0 Å². The molecule has 2 aromatic carbocycles. The Hall–Kier alpha value is -5.12. The molecule has 1 aromatic heterocycles. The Morgan fingerprint density at radius 2 is 1.56 bits per heavy atom. The molecule has 5 heterocycles. The number of nitrogens with one attached hydrogen (secondary N) is 1. The van der Waals surface area contributed by atoms with E-state index in [1.807, 2.05) is 45.2 Å². The number of nitrogens with zero attached hydrogens (tertiary/aromatic N) is 5. The van der Waals surface area contributed by atoms with Crippen molar-refractivity contribution < 1.29 is 41.8 Å². The minimum absolute atomic E-state index is 0.0471. The van der Waals surface area contributed by atoms with Gasteiger partial charge in [-0.15, -0.1) is 5.06 Å². The molecule has 2 amide bonds. The van der Waals surface area contributed by atoms with Crippen molar-refractivity contribution in [2.75, 3.05) is 43.4 Å². The van der Waals surface area contributed by atoms with Crippen LogP contribution < -0.4 is 29.7 Å². The number of rotatable bonds is 16. The Kier molecular flexibility index (Phi) is 14.8. The Labute approximate surface area is 378 Å². The van der Waals surface area contributed by atoms with Gasteiger partial charge in [0.05, 0.1) is 47.1 Å². The van der Waals surface area contributed by atoms with Crippen molar-refractivity contribution in [3.63, 3.8) is 0 Å². The lowest BCUT2D eigenvalue weighted by molar-refractivity contribution is -0.894. The minimum atomic E-state index is -4.61. The number of fused-ring (bicyclic) bond motifs is 4.